The van der Waals surface area contributed by atoms with Crippen molar-refractivity contribution in [2.45, 2.75) is 71.8 Å². The van der Waals surface area contributed by atoms with E-state index in [1.807, 2.05) is 0 Å². The van der Waals surface area contributed by atoms with E-state index in [-0.39, 0.29) is 0 Å². The molecule has 0 heterocycles. The number of ether oxygens (including phenoxy) is 1. The summed E-state index contributed by atoms with van der Waals surface area (Å²) in [4.78, 5) is 0. The lowest BCUT2D eigenvalue weighted by molar-refractivity contribution is 0.0560. The van der Waals surface area contributed by atoms with E-state index < -0.39 is 0 Å². The molecule has 0 fully saturated rings. The van der Waals surface area contributed by atoms with Gasteiger partial charge in [-0.15, -0.1) is 0 Å². The van der Waals surface area contributed by atoms with Crippen LogP contribution in [0.5, 0.6) is 0 Å². The van der Waals surface area contributed by atoms with E-state index in [0.29, 0.717) is 6.10 Å². The van der Waals surface area contributed by atoms with E-state index in [0.717, 1.165) is 6.61 Å². The predicted octanol–water partition coefficient (Wildman–Crippen LogP) is 4.16. The Bertz CT molecular complexity index is 91.1. The number of unbranched alkanes of at least 4 members (excludes halogenated alkanes) is 4. The van der Waals surface area contributed by atoms with E-state index in [1.165, 1.54) is 44.9 Å². The third-order valence-electron chi connectivity index (χ3n) is 2.36. The fourth-order valence-electron chi connectivity index (χ4n) is 1.40. The first-order valence-electron chi connectivity index (χ1n) is 5.92. The zero-order valence-electron chi connectivity index (χ0n) is 9.64. The van der Waals surface area contributed by atoms with Crippen LogP contribution in [0.1, 0.15) is 65.7 Å². The average molecular weight is 186 g/mol. The maximum Gasteiger partial charge on any atom is 0.0547 e. The molecule has 1 atom stereocenters. The molecule has 0 saturated heterocycles. The van der Waals surface area contributed by atoms with Crippen LogP contribution in [0.25, 0.3) is 0 Å². The van der Waals surface area contributed by atoms with Gasteiger partial charge in [0.2, 0.25) is 0 Å². The van der Waals surface area contributed by atoms with Crippen LogP contribution in [0.3, 0.4) is 0 Å². The molecule has 1 nitrogen and oxygen atoms in total. The van der Waals surface area contributed by atoms with Crippen molar-refractivity contribution in [3.8, 4) is 0 Å². The van der Waals surface area contributed by atoms with Gasteiger partial charge in [-0.2, -0.15) is 0 Å². The number of rotatable bonds is 9. The highest BCUT2D eigenvalue weighted by Crippen LogP contribution is 2.07. The molecule has 0 rings (SSSR count). The summed E-state index contributed by atoms with van der Waals surface area (Å²) in [5, 5.41) is 0. The Balaban J connectivity index is 3.05. The summed E-state index contributed by atoms with van der Waals surface area (Å²) in [7, 11) is 0. The maximum absolute atomic E-state index is 5.69. The van der Waals surface area contributed by atoms with Gasteiger partial charge in [0.1, 0.15) is 0 Å². The second-order valence-electron chi connectivity index (χ2n) is 3.88. The smallest absolute Gasteiger partial charge is 0.0547 e. The lowest BCUT2D eigenvalue weighted by Gasteiger charge is -2.12. The molecular weight excluding hydrogens is 160 g/mol. The summed E-state index contributed by atoms with van der Waals surface area (Å²) in [5.74, 6) is 0. The van der Waals surface area contributed by atoms with Crippen LogP contribution >= 0.6 is 0 Å². The van der Waals surface area contributed by atoms with Gasteiger partial charge >= 0.3 is 0 Å². The van der Waals surface area contributed by atoms with Gasteiger partial charge in [0.25, 0.3) is 0 Å². The summed E-state index contributed by atoms with van der Waals surface area (Å²) in [6.45, 7) is 7.63. The van der Waals surface area contributed by atoms with E-state index in [2.05, 4.69) is 20.8 Å². The fraction of sp³-hybridized carbons (Fsp3) is 1.00. The highest BCUT2D eigenvalue weighted by Gasteiger charge is 2.00. The van der Waals surface area contributed by atoms with Gasteiger partial charge in [-0.25, -0.2) is 0 Å². The SMILES string of the molecule is CCCCCOC(C)CCCCC. The molecule has 0 aliphatic rings. The first-order valence-corrected chi connectivity index (χ1v) is 5.92. The molecule has 13 heavy (non-hydrogen) atoms. The zero-order valence-corrected chi connectivity index (χ0v) is 9.64. The molecule has 0 aromatic heterocycles. The van der Waals surface area contributed by atoms with Crippen molar-refractivity contribution < 1.29 is 4.74 Å². The molecule has 0 radical (unpaired) electrons. The van der Waals surface area contributed by atoms with Crippen LogP contribution < -0.4 is 0 Å². The van der Waals surface area contributed by atoms with E-state index >= 15 is 0 Å². The zero-order chi connectivity index (χ0) is 9.94. The highest BCUT2D eigenvalue weighted by molar-refractivity contribution is 4.51. The Labute approximate surface area is 83.9 Å². The summed E-state index contributed by atoms with van der Waals surface area (Å²) >= 11 is 0. The van der Waals surface area contributed by atoms with Crippen LogP contribution in [-0.2, 0) is 4.74 Å². The fourth-order valence-corrected chi connectivity index (χ4v) is 1.40. The van der Waals surface area contributed by atoms with Crippen molar-refractivity contribution >= 4 is 0 Å². The van der Waals surface area contributed by atoms with Crippen LogP contribution in [0.4, 0.5) is 0 Å². The standard InChI is InChI=1S/C12H26O/c1-4-6-8-10-12(3)13-11-9-7-5-2/h12H,4-11H2,1-3H3. The van der Waals surface area contributed by atoms with Crippen molar-refractivity contribution in [2.24, 2.45) is 0 Å². The van der Waals surface area contributed by atoms with Gasteiger partial charge < -0.3 is 4.74 Å². The van der Waals surface area contributed by atoms with Gasteiger partial charge in [0.15, 0.2) is 0 Å². The minimum Gasteiger partial charge on any atom is -0.379 e. The largest absolute Gasteiger partial charge is 0.379 e. The van der Waals surface area contributed by atoms with Crippen LogP contribution in [0, 0.1) is 0 Å². The quantitative estimate of drug-likeness (QED) is 0.491. The molecule has 0 aromatic rings. The van der Waals surface area contributed by atoms with Crippen molar-refractivity contribution in [2.75, 3.05) is 6.61 Å². The minimum atomic E-state index is 0.475. The Morgan fingerprint density at radius 3 is 2.15 bits per heavy atom. The first-order chi connectivity index (χ1) is 6.31. The third-order valence-corrected chi connectivity index (χ3v) is 2.36. The van der Waals surface area contributed by atoms with E-state index in [1.54, 1.807) is 0 Å². The van der Waals surface area contributed by atoms with Crippen molar-refractivity contribution in [1.82, 2.24) is 0 Å². The molecule has 0 N–H and O–H groups in total. The van der Waals surface area contributed by atoms with Crippen LogP contribution in [0.15, 0.2) is 0 Å². The summed E-state index contributed by atoms with van der Waals surface area (Å²) in [5.41, 5.74) is 0. The van der Waals surface area contributed by atoms with Crippen molar-refractivity contribution in [1.29, 1.82) is 0 Å². The molecule has 0 amide bonds. The van der Waals surface area contributed by atoms with Crippen molar-refractivity contribution in [3.05, 3.63) is 0 Å². The number of hydrogen-bond acceptors (Lipinski definition) is 1. The van der Waals surface area contributed by atoms with Gasteiger partial charge in [-0.1, -0.05) is 46.0 Å². The third kappa shape index (κ3) is 9.88. The Morgan fingerprint density at radius 2 is 1.54 bits per heavy atom. The molecule has 80 valence electrons. The summed E-state index contributed by atoms with van der Waals surface area (Å²) < 4.78 is 5.69. The molecule has 1 heteroatoms. The lowest BCUT2D eigenvalue weighted by atomic mass is 10.1. The van der Waals surface area contributed by atoms with Crippen molar-refractivity contribution in [3.63, 3.8) is 0 Å². The molecule has 0 aliphatic carbocycles. The summed E-state index contributed by atoms with van der Waals surface area (Å²) in [6.07, 6.45) is 9.52. The second-order valence-corrected chi connectivity index (χ2v) is 3.88. The molecule has 0 saturated carbocycles. The minimum absolute atomic E-state index is 0.475. The topological polar surface area (TPSA) is 9.23 Å². The van der Waals surface area contributed by atoms with Gasteiger partial charge in [0, 0.05) is 6.61 Å². The molecule has 0 bridgehead atoms. The van der Waals surface area contributed by atoms with Crippen LogP contribution in [-0.4, -0.2) is 12.7 Å². The van der Waals surface area contributed by atoms with Gasteiger partial charge in [-0.05, 0) is 19.8 Å². The van der Waals surface area contributed by atoms with E-state index in [4.69, 9.17) is 4.74 Å². The maximum atomic E-state index is 5.69. The van der Waals surface area contributed by atoms with Crippen LogP contribution in [0.2, 0.25) is 0 Å². The lowest BCUT2D eigenvalue weighted by Crippen LogP contribution is -2.08. The Hall–Kier alpha value is -0.0400. The Morgan fingerprint density at radius 1 is 0.923 bits per heavy atom. The van der Waals surface area contributed by atoms with Gasteiger partial charge in [0.05, 0.1) is 6.10 Å². The summed E-state index contributed by atoms with van der Waals surface area (Å²) in [6, 6.07) is 0. The van der Waals surface area contributed by atoms with E-state index in [9.17, 15) is 0 Å². The molecule has 0 aromatic carbocycles. The highest BCUT2D eigenvalue weighted by atomic mass is 16.5. The molecule has 1 unspecified atom stereocenters. The Kier molecular flexibility index (Phi) is 10.0. The monoisotopic (exact) mass is 186 g/mol. The second kappa shape index (κ2) is 10.0. The molecular formula is C12H26O. The first kappa shape index (κ1) is 13.0. The molecule has 0 spiro atoms. The normalized spacial score (nSPS) is 13.2. The number of hydrogen-bond donors (Lipinski definition) is 0. The van der Waals surface area contributed by atoms with Gasteiger partial charge in [-0.3, -0.25) is 0 Å². The molecule has 0 aliphatic heterocycles. The average Bonchev–Trinajstić information content (AvgIpc) is 2.13. The predicted molar refractivity (Wildman–Crippen MR) is 59.1 cm³/mol.